The summed E-state index contributed by atoms with van der Waals surface area (Å²) in [6.45, 7) is 0. The summed E-state index contributed by atoms with van der Waals surface area (Å²) in [4.78, 5) is 11.4. The molecule has 5 heteroatoms. The summed E-state index contributed by atoms with van der Waals surface area (Å²) in [5.74, 6) is 0. The maximum Gasteiger partial charge on any atom is 0.122 e. The van der Waals surface area contributed by atoms with Crippen LogP contribution >= 0.6 is 0 Å². The highest BCUT2D eigenvalue weighted by atomic mass is 15.1. The molecule has 0 aliphatic rings. The van der Waals surface area contributed by atoms with Crippen LogP contribution in [0.2, 0.25) is 0 Å². The van der Waals surface area contributed by atoms with Gasteiger partial charge in [0.1, 0.15) is 11.4 Å². The van der Waals surface area contributed by atoms with Gasteiger partial charge in [-0.05, 0) is 18.2 Å². The fourth-order valence-electron chi connectivity index (χ4n) is 1.66. The van der Waals surface area contributed by atoms with E-state index >= 15 is 0 Å². The summed E-state index contributed by atoms with van der Waals surface area (Å²) in [5.41, 5.74) is 3.39. The molecule has 0 atom stereocenters. The van der Waals surface area contributed by atoms with Crippen LogP contribution in [0.4, 0.5) is 0 Å². The third kappa shape index (κ3) is 1.78. The Morgan fingerprint density at radius 2 is 2.06 bits per heavy atom. The molecule has 0 aliphatic carbocycles. The van der Waals surface area contributed by atoms with Gasteiger partial charge in [0.25, 0.3) is 0 Å². The minimum Gasteiger partial charge on any atom is -0.361 e. The van der Waals surface area contributed by atoms with Gasteiger partial charge in [0.2, 0.25) is 0 Å². The third-order valence-corrected chi connectivity index (χ3v) is 2.41. The highest BCUT2D eigenvalue weighted by molar-refractivity contribution is 5.76. The number of hydrogen-bond donors (Lipinski definition) is 1. The molecule has 0 spiro atoms. The van der Waals surface area contributed by atoms with Crippen molar-refractivity contribution in [3.63, 3.8) is 0 Å². The van der Waals surface area contributed by atoms with Crippen LogP contribution in [0.15, 0.2) is 49.2 Å². The van der Waals surface area contributed by atoms with Crippen molar-refractivity contribution >= 4 is 0 Å². The smallest absolute Gasteiger partial charge is 0.122 e. The quantitative estimate of drug-likeness (QED) is 0.720. The SMILES string of the molecule is c1c[nH]c(-c2ccnnc2-c2cnccn2)c1. The molecule has 0 unspecified atom stereocenters. The highest BCUT2D eigenvalue weighted by Crippen LogP contribution is 2.26. The largest absolute Gasteiger partial charge is 0.361 e. The molecule has 0 bridgehead atoms. The van der Waals surface area contributed by atoms with Crippen molar-refractivity contribution in [2.24, 2.45) is 0 Å². The van der Waals surface area contributed by atoms with Crippen LogP contribution in [-0.4, -0.2) is 25.1 Å². The Morgan fingerprint density at radius 3 is 2.82 bits per heavy atom. The number of aromatic nitrogens is 5. The van der Waals surface area contributed by atoms with Gasteiger partial charge in [-0.15, -0.1) is 5.10 Å². The van der Waals surface area contributed by atoms with Gasteiger partial charge >= 0.3 is 0 Å². The van der Waals surface area contributed by atoms with Gasteiger partial charge < -0.3 is 4.98 Å². The summed E-state index contributed by atoms with van der Waals surface area (Å²) in [6.07, 6.45) is 8.49. The maximum absolute atomic E-state index is 4.24. The van der Waals surface area contributed by atoms with E-state index in [1.54, 1.807) is 24.8 Å². The lowest BCUT2D eigenvalue weighted by Crippen LogP contribution is -1.94. The first-order chi connectivity index (χ1) is 8.45. The first kappa shape index (κ1) is 9.65. The molecule has 0 radical (unpaired) electrons. The Balaban J connectivity index is 2.18. The number of H-pyrrole nitrogens is 1. The van der Waals surface area contributed by atoms with Crippen LogP contribution in [0.1, 0.15) is 0 Å². The maximum atomic E-state index is 4.24. The van der Waals surface area contributed by atoms with Crippen LogP contribution in [0.5, 0.6) is 0 Å². The van der Waals surface area contributed by atoms with Crippen molar-refractivity contribution in [3.05, 3.63) is 49.2 Å². The Labute approximate surface area is 97.6 Å². The van der Waals surface area contributed by atoms with Crippen molar-refractivity contribution in [2.45, 2.75) is 0 Å². The summed E-state index contributed by atoms with van der Waals surface area (Å²) < 4.78 is 0. The molecule has 5 nitrogen and oxygen atoms in total. The van der Waals surface area contributed by atoms with E-state index in [1.165, 1.54) is 0 Å². The Kier molecular flexibility index (Phi) is 2.34. The van der Waals surface area contributed by atoms with Crippen LogP contribution in [0.25, 0.3) is 22.6 Å². The minimum atomic E-state index is 0.713. The molecule has 0 amide bonds. The van der Waals surface area contributed by atoms with Gasteiger partial charge in [-0.3, -0.25) is 9.97 Å². The standard InChI is InChI=1S/C12H9N5/c1-2-10(14-4-1)9-3-5-16-17-12(9)11-8-13-6-7-15-11/h1-8,14H. The second kappa shape index (κ2) is 4.13. The lowest BCUT2D eigenvalue weighted by atomic mass is 10.1. The Bertz CT molecular complexity index is 604. The van der Waals surface area contributed by atoms with E-state index in [0.717, 1.165) is 17.0 Å². The van der Waals surface area contributed by atoms with Gasteiger partial charge in [-0.2, -0.15) is 5.10 Å². The van der Waals surface area contributed by atoms with Crippen LogP contribution in [0, 0.1) is 0 Å². The summed E-state index contributed by atoms with van der Waals surface area (Å²) >= 11 is 0. The van der Waals surface area contributed by atoms with Crippen LogP contribution in [-0.2, 0) is 0 Å². The fourth-order valence-corrected chi connectivity index (χ4v) is 1.66. The van der Waals surface area contributed by atoms with Gasteiger partial charge in [0, 0.05) is 29.8 Å². The van der Waals surface area contributed by atoms with Gasteiger partial charge in [0.15, 0.2) is 0 Å². The van der Waals surface area contributed by atoms with Crippen molar-refractivity contribution in [3.8, 4) is 22.6 Å². The highest BCUT2D eigenvalue weighted by Gasteiger charge is 2.10. The van der Waals surface area contributed by atoms with E-state index in [-0.39, 0.29) is 0 Å². The molecule has 3 rings (SSSR count). The number of rotatable bonds is 2. The number of hydrogen-bond acceptors (Lipinski definition) is 4. The van der Waals surface area contributed by atoms with Gasteiger partial charge in [0.05, 0.1) is 12.4 Å². The zero-order chi connectivity index (χ0) is 11.5. The van der Waals surface area contributed by atoms with E-state index in [2.05, 4.69) is 25.1 Å². The van der Waals surface area contributed by atoms with E-state index in [4.69, 9.17) is 0 Å². The molecule has 0 aliphatic heterocycles. The molecule has 1 N–H and O–H groups in total. The van der Waals surface area contributed by atoms with Crippen LogP contribution in [0.3, 0.4) is 0 Å². The average molecular weight is 223 g/mol. The van der Waals surface area contributed by atoms with E-state index in [9.17, 15) is 0 Å². The molecule has 3 aromatic rings. The number of nitrogens with one attached hydrogen (secondary N) is 1. The second-order valence-electron chi connectivity index (χ2n) is 3.47. The molecule has 0 saturated carbocycles. The van der Waals surface area contributed by atoms with Crippen molar-refractivity contribution in [1.29, 1.82) is 0 Å². The minimum absolute atomic E-state index is 0.713. The molecule has 82 valence electrons. The average Bonchev–Trinajstić information content (AvgIpc) is 2.94. The first-order valence-electron chi connectivity index (χ1n) is 5.17. The molecule has 0 fully saturated rings. The van der Waals surface area contributed by atoms with Gasteiger partial charge in [-0.25, -0.2) is 0 Å². The zero-order valence-electron chi connectivity index (χ0n) is 8.91. The molecular weight excluding hydrogens is 214 g/mol. The first-order valence-corrected chi connectivity index (χ1v) is 5.17. The van der Waals surface area contributed by atoms with E-state index in [1.807, 2.05) is 24.4 Å². The Hall–Kier alpha value is -2.56. The Morgan fingerprint density at radius 1 is 1.06 bits per heavy atom. The number of nitrogens with zero attached hydrogens (tertiary/aromatic N) is 4. The summed E-state index contributed by atoms with van der Waals surface area (Å²) in [7, 11) is 0. The topological polar surface area (TPSA) is 67.3 Å². The molecule has 0 aromatic carbocycles. The lowest BCUT2D eigenvalue weighted by molar-refractivity contribution is 1.02. The zero-order valence-corrected chi connectivity index (χ0v) is 8.91. The monoisotopic (exact) mass is 223 g/mol. The summed E-state index contributed by atoms with van der Waals surface area (Å²) in [6, 6.07) is 5.83. The predicted octanol–water partition coefficient (Wildman–Crippen LogP) is 1.93. The van der Waals surface area contributed by atoms with Crippen molar-refractivity contribution in [2.75, 3.05) is 0 Å². The molecular formula is C12H9N5. The van der Waals surface area contributed by atoms with Crippen molar-refractivity contribution < 1.29 is 0 Å². The third-order valence-electron chi connectivity index (χ3n) is 2.41. The molecule has 3 aromatic heterocycles. The van der Waals surface area contributed by atoms with Crippen molar-refractivity contribution in [1.82, 2.24) is 25.1 Å². The molecule has 3 heterocycles. The molecule has 17 heavy (non-hydrogen) atoms. The number of aromatic amines is 1. The van der Waals surface area contributed by atoms with E-state index < -0.39 is 0 Å². The predicted molar refractivity (Wildman–Crippen MR) is 62.8 cm³/mol. The fraction of sp³-hybridized carbons (Fsp3) is 0. The lowest BCUT2D eigenvalue weighted by Gasteiger charge is -2.04. The normalized spacial score (nSPS) is 10.4. The van der Waals surface area contributed by atoms with Crippen LogP contribution < -0.4 is 0 Å². The van der Waals surface area contributed by atoms with E-state index in [0.29, 0.717) is 5.69 Å². The molecule has 0 saturated heterocycles. The van der Waals surface area contributed by atoms with Gasteiger partial charge in [-0.1, -0.05) is 0 Å². The summed E-state index contributed by atoms with van der Waals surface area (Å²) in [5, 5.41) is 8.03. The second-order valence-corrected chi connectivity index (χ2v) is 3.47.